The smallest absolute Gasteiger partial charge is 0.270 e. The summed E-state index contributed by atoms with van der Waals surface area (Å²) in [5, 5.41) is 0. The van der Waals surface area contributed by atoms with Crippen LogP contribution in [0.4, 0.5) is 0 Å². The number of H-pyrrole nitrogens is 1. The molecule has 2 aromatic rings. The molecule has 0 saturated carbocycles. The van der Waals surface area contributed by atoms with Crippen LogP contribution in [0, 0.1) is 5.92 Å². The van der Waals surface area contributed by atoms with Crippen molar-refractivity contribution in [3.8, 4) is 23.1 Å². The number of nitrogens with zero attached hydrogens (tertiary/aromatic N) is 1. The van der Waals surface area contributed by atoms with E-state index in [9.17, 15) is 4.79 Å². The summed E-state index contributed by atoms with van der Waals surface area (Å²) in [5.41, 5.74) is 1.79. The van der Waals surface area contributed by atoms with Crippen LogP contribution in [0.25, 0.3) is 0 Å². The van der Waals surface area contributed by atoms with E-state index in [1.807, 2.05) is 32.9 Å². The summed E-state index contributed by atoms with van der Waals surface area (Å²) < 4.78 is 21.8. The van der Waals surface area contributed by atoms with Crippen molar-refractivity contribution in [3.63, 3.8) is 0 Å². The van der Waals surface area contributed by atoms with Gasteiger partial charge in [0.1, 0.15) is 5.69 Å². The monoisotopic (exact) mass is 376 g/mol. The second kappa shape index (κ2) is 9.30. The Kier molecular flexibility index (Phi) is 7.10. The summed E-state index contributed by atoms with van der Waals surface area (Å²) in [6.45, 7) is 6.44. The largest absolute Gasteiger partial charge is 0.493 e. The average Bonchev–Trinajstić information content (AvgIpc) is 2.64. The van der Waals surface area contributed by atoms with E-state index >= 15 is 0 Å². The molecule has 0 aliphatic rings. The Morgan fingerprint density at radius 1 is 1.07 bits per heavy atom. The molecule has 2 rings (SSSR count). The summed E-state index contributed by atoms with van der Waals surface area (Å²) in [4.78, 5) is 19.8. The Morgan fingerprint density at radius 3 is 2.19 bits per heavy atom. The van der Waals surface area contributed by atoms with Crippen LogP contribution in [0.3, 0.4) is 0 Å². The molecule has 0 aliphatic carbocycles. The van der Waals surface area contributed by atoms with Gasteiger partial charge in [0.15, 0.2) is 11.5 Å². The zero-order chi connectivity index (χ0) is 20.0. The Balaban J connectivity index is 2.47. The van der Waals surface area contributed by atoms with Crippen LogP contribution < -0.4 is 24.5 Å². The fourth-order valence-corrected chi connectivity index (χ4v) is 2.85. The fourth-order valence-electron chi connectivity index (χ4n) is 2.85. The topological polar surface area (TPSA) is 82.7 Å². The highest BCUT2D eigenvalue weighted by molar-refractivity contribution is 5.54. The normalized spacial score (nSPS) is 10.8. The minimum absolute atomic E-state index is 0.186. The average molecular weight is 376 g/mol. The number of nitrogens with one attached hydrogen (secondary N) is 1. The van der Waals surface area contributed by atoms with Gasteiger partial charge in [-0.05, 0) is 37.0 Å². The molecule has 1 heterocycles. The molecule has 1 aromatic heterocycles. The van der Waals surface area contributed by atoms with Gasteiger partial charge in [0.25, 0.3) is 5.56 Å². The van der Waals surface area contributed by atoms with Gasteiger partial charge >= 0.3 is 0 Å². The number of hydrogen-bond donors (Lipinski definition) is 1. The van der Waals surface area contributed by atoms with Crippen molar-refractivity contribution < 1.29 is 18.9 Å². The zero-order valence-electron chi connectivity index (χ0n) is 16.8. The highest BCUT2D eigenvalue weighted by Gasteiger charge is 2.17. The Morgan fingerprint density at radius 2 is 1.70 bits per heavy atom. The number of benzene rings is 1. The van der Waals surface area contributed by atoms with Gasteiger partial charge in [-0.2, -0.15) is 0 Å². The summed E-state index contributed by atoms with van der Waals surface area (Å²) in [6, 6.07) is 3.69. The van der Waals surface area contributed by atoms with Gasteiger partial charge in [0.05, 0.1) is 33.6 Å². The van der Waals surface area contributed by atoms with Crippen LogP contribution in [-0.4, -0.2) is 37.9 Å². The number of methoxy groups -OCH3 is 3. The Bertz CT molecular complexity index is 805. The third-order valence-electron chi connectivity index (χ3n) is 4.01. The maximum atomic E-state index is 12.4. The summed E-state index contributed by atoms with van der Waals surface area (Å²) in [5.74, 6) is 2.40. The van der Waals surface area contributed by atoms with Crippen molar-refractivity contribution in [2.45, 2.75) is 33.6 Å². The molecule has 0 radical (unpaired) electrons. The molecule has 1 N–H and O–H groups in total. The number of hydrogen-bond acceptors (Lipinski definition) is 6. The lowest BCUT2D eigenvalue weighted by atomic mass is 10.1. The summed E-state index contributed by atoms with van der Waals surface area (Å²) in [7, 11) is 4.69. The van der Waals surface area contributed by atoms with Gasteiger partial charge < -0.3 is 23.9 Å². The molecule has 0 fully saturated rings. The molecule has 148 valence electrons. The maximum Gasteiger partial charge on any atom is 0.270 e. The molecule has 1 aromatic carbocycles. The zero-order valence-corrected chi connectivity index (χ0v) is 16.8. The number of aromatic amines is 1. The Hall–Kier alpha value is -2.70. The molecule has 0 saturated heterocycles. The first-order valence-corrected chi connectivity index (χ1v) is 8.97. The Labute approximate surface area is 159 Å². The van der Waals surface area contributed by atoms with Crippen molar-refractivity contribution in [2.24, 2.45) is 5.92 Å². The van der Waals surface area contributed by atoms with Crippen LogP contribution in [0.1, 0.15) is 37.7 Å². The van der Waals surface area contributed by atoms with Crippen molar-refractivity contribution >= 4 is 0 Å². The maximum absolute atomic E-state index is 12.4. The molecule has 27 heavy (non-hydrogen) atoms. The number of rotatable bonds is 9. The highest BCUT2D eigenvalue weighted by atomic mass is 16.5. The lowest BCUT2D eigenvalue weighted by Gasteiger charge is -2.15. The van der Waals surface area contributed by atoms with E-state index in [2.05, 4.69) is 9.97 Å². The van der Waals surface area contributed by atoms with Gasteiger partial charge in [-0.25, -0.2) is 4.98 Å². The molecular weight excluding hydrogens is 348 g/mol. The van der Waals surface area contributed by atoms with Crippen LogP contribution in [0.15, 0.2) is 16.9 Å². The van der Waals surface area contributed by atoms with E-state index in [0.29, 0.717) is 59.9 Å². The number of aromatic nitrogens is 2. The number of ether oxygens (including phenoxy) is 4. The molecule has 7 heteroatoms. The minimum Gasteiger partial charge on any atom is -0.493 e. The third kappa shape index (κ3) is 4.93. The van der Waals surface area contributed by atoms with E-state index in [1.165, 1.54) is 0 Å². The van der Waals surface area contributed by atoms with Crippen molar-refractivity contribution in [1.29, 1.82) is 0 Å². The quantitative estimate of drug-likeness (QED) is 0.724. The first kappa shape index (κ1) is 20.6. The summed E-state index contributed by atoms with van der Waals surface area (Å²) in [6.07, 6.45) is 1.01. The van der Waals surface area contributed by atoms with Crippen LogP contribution >= 0.6 is 0 Å². The molecule has 0 bridgehead atoms. The van der Waals surface area contributed by atoms with Gasteiger partial charge in [0, 0.05) is 6.42 Å². The fraction of sp³-hybridized carbons (Fsp3) is 0.500. The predicted molar refractivity (Wildman–Crippen MR) is 103 cm³/mol. The van der Waals surface area contributed by atoms with E-state index < -0.39 is 0 Å². The van der Waals surface area contributed by atoms with Crippen molar-refractivity contribution in [3.05, 3.63) is 39.4 Å². The molecule has 0 atom stereocenters. The molecule has 7 nitrogen and oxygen atoms in total. The van der Waals surface area contributed by atoms with Crippen molar-refractivity contribution in [1.82, 2.24) is 9.97 Å². The van der Waals surface area contributed by atoms with Gasteiger partial charge in [-0.1, -0.05) is 13.8 Å². The van der Waals surface area contributed by atoms with E-state index in [0.717, 1.165) is 5.56 Å². The molecule has 0 unspecified atom stereocenters. The first-order chi connectivity index (χ1) is 12.9. The van der Waals surface area contributed by atoms with Crippen LogP contribution in [0.2, 0.25) is 0 Å². The first-order valence-electron chi connectivity index (χ1n) is 8.97. The van der Waals surface area contributed by atoms with E-state index in [4.69, 9.17) is 18.9 Å². The van der Waals surface area contributed by atoms with Gasteiger partial charge in [0.2, 0.25) is 11.6 Å². The summed E-state index contributed by atoms with van der Waals surface area (Å²) >= 11 is 0. The predicted octanol–water partition coefficient (Wildman–Crippen LogP) is 2.98. The van der Waals surface area contributed by atoms with Gasteiger partial charge in [-0.3, -0.25) is 4.79 Å². The SMILES string of the molecule is CCOc1nc(CC(C)C)c(=O)[nH]c1Cc1cc(OC)c(OC)c(OC)c1. The van der Waals surface area contributed by atoms with E-state index in [1.54, 1.807) is 21.3 Å². The second-order valence-corrected chi connectivity index (χ2v) is 6.54. The van der Waals surface area contributed by atoms with E-state index in [-0.39, 0.29) is 5.56 Å². The second-order valence-electron chi connectivity index (χ2n) is 6.54. The standard InChI is InChI=1S/C20H28N2O5/c1-7-27-20-15(21-19(23)14(22-20)8-12(2)3)9-13-10-16(24-4)18(26-6)17(11-13)25-5/h10-12H,7-9H2,1-6H3,(H,21,23). The van der Waals surface area contributed by atoms with Crippen LogP contribution in [0.5, 0.6) is 23.1 Å². The lowest BCUT2D eigenvalue weighted by Crippen LogP contribution is -2.20. The lowest BCUT2D eigenvalue weighted by molar-refractivity contribution is 0.318. The van der Waals surface area contributed by atoms with Gasteiger partial charge in [-0.15, -0.1) is 0 Å². The van der Waals surface area contributed by atoms with Crippen molar-refractivity contribution in [2.75, 3.05) is 27.9 Å². The molecule has 0 amide bonds. The van der Waals surface area contributed by atoms with Crippen LogP contribution in [-0.2, 0) is 12.8 Å². The minimum atomic E-state index is -0.186. The third-order valence-corrected chi connectivity index (χ3v) is 4.01. The molecule has 0 spiro atoms. The molecular formula is C20H28N2O5. The molecule has 0 aliphatic heterocycles. The highest BCUT2D eigenvalue weighted by Crippen LogP contribution is 2.38.